The minimum atomic E-state index is -1.12. The lowest BCUT2D eigenvalue weighted by molar-refractivity contribution is -0.137. The number of fused-ring (bicyclic) bond motifs is 1. The van der Waals surface area contributed by atoms with Crippen molar-refractivity contribution in [2.24, 2.45) is 17.8 Å². The van der Waals surface area contributed by atoms with Gasteiger partial charge in [0, 0.05) is 5.92 Å². The quantitative estimate of drug-likeness (QED) is 0.236. The summed E-state index contributed by atoms with van der Waals surface area (Å²) in [5.41, 5.74) is 3.30. The number of phenolic OH excluding ortho intramolecular Hbond substituents is 1. The number of benzene rings is 2. The number of hydrogen-bond acceptors (Lipinski definition) is 8. The Kier molecular flexibility index (Phi) is 8.41. The molecule has 9 nitrogen and oxygen atoms in total. The predicted molar refractivity (Wildman–Crippen MR) is 138 cm³/mol. The molecular formula is C29H31NO8. The number of carbonyl (C=O) groups is 3. The number of hydrogen-bond donors (Lipinski definition) is 4. The number of nitrogens with zero attached hydrogens (tertiary/aromatic N) is 1. The number of aliphatic hydroxyl groups excluding tert-OH is 3. The number of imide groups is 3. The Bertz CT molecular complexity index is 1270. The average Bonchev–Trinajstić information content (AvgIpc) is 3.18. The maximum Gasteiger partial charge on any atom is 0.423 e. The first kappa shape index (κ1) is 27.3. The van der Waals surface area contributed by atoms with Crippen molar-refractivity contribution in [2.45, 2.75) is 25.4 Å². The first-order valence-electron chi connectivity index (χ1n) is 12.4. The number of rotatable bonds is 8. The summed E-state index contributed by atoms with van der Waals surface area (Å²) in [5, 5.41) is 41.6. The van der Waals surface area contributed by atoms with Crippen molar-refractivity contribution >= 4 is 29.6 Å². The fourth-order valence-electron chi connectivity index (χ4n) is 5.59. The van der Waals surface area contributed by atoms with E-state index >= 15 is 0 Å². The van der Waals surface area contributed by atoms with Crippen LogP contribution in [0.5, 0.6) is 5.75 Å². The van der Waals surface area contributed by atoms with Crippen molar-refractivity contribution in [3.05, 3.63) is 76.9 Å². The van der Waals surface area contributed by atoms with E-state index in [9.17, 15) is 34.8 Å². The molecule has 0 aromatic heterocycles. The van der Waals surface area contributed by atoms with Crippen LogP contribution in [-0.2, 0) is 14.3 Å². The zero-order chi connectivity index (χ0) is 27.4. The van der Waals surface area contributed by atoms with Crippen LogP contribution in [0.25, 0.3) is 11.6 Å². The highest BCUT2D eigenvalue weighted by Crippen LogP contribution is 2.46. The Labute approximate surface area is 220 Å². The molecule has 1 aliphatic heterocycles. The number of phenols is 1. The van der Waals surface area contributed by atoms with Gasteiger partial charge in [-0.15, -0.1) is 0 Å². The van der Waals surface area contributed by atoms with Crippen molar-refractivity contribution < 1.29 is 39.5 Å². The van der Waals surface area contributed by atoms with E-state index in [0.717, 1.165) is 23.8 Å². The van der Waals surface area contributed by atoms with Gasteiger partial charge in [0.25, 0.3) is 0 Å². The number of aromatic hydroxyl groups is 1. The molecule has 1 aliphatic carbocycles. The Balaban J connectivity index is 1.63. The summed E-state index contributed by atoms with van der Waals surface area (Å²) in [4.78, 5) is 38.5. The van der Waals surface area contributed by atoms with E-state index in [1.54, 1.807) is 18.2 Å². The molecule has 4 N–H and O–H groups in total. The van der Waals surface area contributed by atoms with Crippen LogP contribution in [0.3, 0.4) is 0 Å². The van der Waals surface area contributed by atoms with Gasteiger partial charge < -0.3 is 25.2 Å². The van der Waals surface area contributed by atoms with Gasteiger partial charge in [-0.3, -0.25) is 9.59 Å². The van der Waals surface area contributed by atoms with Gasteiger partial charge in [-0.2, -0.15) is 4.90 Å². The molecule has 4 rings (SSSR count). The molecule has 1 heterocycles. The second kappa shape index (κ2) is 11.7. The lowest BCUT2D eigenvalue weighted by Gasteiger charge is -2.36. The van der Waals surface area contributed by atoms with Gasteiger partial charge in [-0.05, 0) is 59.2 Å². The normalized spacial score (nSPS) is 22.5. The zero-order valence-electron chi connectivity index (χ0n) is 21.0. The Morgan fingerprint density at radius 1 is 1.11 bits per heavy atom. The molecule has 3 amide bonds. The minimum Gasteiger partial charge on any atom is -0.508 e. The second-order valence-corrected chi connectivity index (χ2v) is 9.51. The summed E-state index contributed by atoms with van der Waals surface area (Å²) in [6, 6.07) is 16.4. The Morgan fingerprint density at radius 3 is 2.47 bits per heavy atom. The van der Waals surface area contributed by atoms with Crippen LogP contribution in [0.15, 0.2) is 65.7 Å². The highest BCUT2D eigenvalue weighted by Gasteiger charge is 2.57. The summed E-state index contributed by atoms with van der Waals surface area (Å²) in [7, 11) is 1.07. The van der Waals surface area contributed by atoms with E-state index in [1.807, 2.05) is 42.5 Å². The van der Waals surface area contributed by atoms with Crippen LogP contribution in [0.4, 0.5) is 4.79 Å². The summed E-state index contributed by atoms with van der Waals surface area (Å²) in [5.74, 6) is -4.28. The van der Waals surface area contributed by atoms with Crippen molar-refractivity contribution in [3.8, 4) is 5.75 Å². The van der Waals surface area contributed by atoms with Crippen molar-refractivity contribution in [2.75, 3.05) is 20.3 Å². The van der Waals surface area contributed by atoms with E-state index in [1.165, 1.54) is 0 Å². The topological polar surface area (TPSA) is 145 Å². The van der Waals surface area contributed by atoms with Gasteiger partial charge >= 0.3 is 6.09 Å². The van der Waals surface area contributed by atoms with Gasteiger partial charge in [0.1, 0.15) is 5.75 Å². The number of carbonyl (C=O) groups excluding carboxylic acids is 3. The Hall–Kier alpha value is -3.79. The minimum absolute atomic E-state index is 0.00714. The van der Waals surface area contributed by atoms with E-state index in [2.05, 4.69) is 4.74 Å². The fourth-order valence-corrected chi connectivity index (χ4v) is 5.59. The third-order valence-electron chi connectivity index (χ3n) is 7.33. The lowest BCUT2D eigenvalue weighted by Crippen LogP contribution is -2.40. The number of allylic oxidation sites excluding steroid dienone is 1. The SMILES string of the molecule is COC(=O)N1C(=O)[C@@H]2[C@@H](CC(CO)=C([C@H](O)CC/C(=C/c3cccc(O)c3)c3ccccc3)[C@@H]2CO)C1=O. The smallest absolute Gasteiger partial charge is 0.423 e. The van der Waals surface area contributed by atoms with Crippen LogP contribution in [-0.4, -0.2) is 69.7 Å². The number of methoxy groups -OCH3 is 1. The Morgan fingerprint density at radius 2 is 1.84 bits per heavy atom. The number of likely N-dealkylation sites (tertiary alicyclic amines) is 1. The summed E-state index contributed by atoms with van der Waals surface area (Å²) in [6.45, 7) is -1.01. The summed E-state index contributed by atoms with van der Waals surface area (Å²) < 4.78 is 4.59. The van der Waals surface area contributed by atoms with E-state index < -0.39 is 55.0 Å². The van der Waals surface area contributed by atoms with Crippen LogP contribution in [0.1, 0.15) is 30.4 Å². The molecule has 0 bridgehead atoms. The lowest BCUT2D eigenvalue weighted by atomic mass is 9.68. The molecule has 1 fully saturated rings. The third-order valence-corrected chi connectivity index (χ3v) is 7.33. The predicted octanol–water partition coefficient (Wildman–Crippen LogP) is 2.74. The molecular weight excluding hydrogens is 490 g/mol. The number of amides is 3. The van der Waals surface area contributed by atoms with Crippen LogP contribution < -0.4 is 0 Å². The monoisotopic (exact) mass is 521 g/mol. The van der Waals surface area contributed by atoms with Gasteiger partial charge in [0.15, 0.2) is 0 Å². The number of ether oxygens (including phenoxy) is 1. The van der Waals surface area contributed by atoms with Crippen molar-refractivity contribution in [3.63, 3.8) is 0 Å². The third kappa shape index (κ3) is 5.26. The van der Waals surface area contributed by atoms with Gasteiger partial charge in [-0.25, -0.2) is 4.79 Å². The molecule has 9 heteroatoms. The molecule has 0 saturated carbocycles. The van der Waals surface area contributed by atoms with E-state index in [-0.39, 0.29) is 18.6 Å². The molecule has 2 aromatic carbocycles. The molecule has 2 aliphatic rings. The molecule has 4 atom stereocenters. The second-order valence-electron chi connectivity index (χ2n) is 9.51. The summed E-state index contributed by atoms with van der Waals surface area (Å²) >= 11 is 0. The first-order chi connectivity index (χ1) is 18.3. The van der Waals surface area contributed by atoms with Gasteiger partial charge in [0.2, 0.25) is 11.8 Å². The average molecular weight is 522 g/mol. The molecule has 0 spiro atoms. The highest BCUT2D eigenvalue weighted by molar-refractivity contribution is 6.16. The van der Waals surface area contributed by atoms with Gasteiger partial charge in [0.05, 0.1) is 38.3 Å². The van der Waals surface area contributed by atoms with E-state index in [0.29, 0.717) is 22.5 Å². The molecule has 38 heavy (non-hydrogen) atoms. The zero-order valence-corrected chi connectivity index (χ0v) is 21.0. The first-order valence-corrected chi connectivity index (χ1v) is 12.4. The fraction of sp³-hybridized carbons (Fsp3) is 0.345. The maximum absolute atomic E-state index is 13.1. The maximum atomic E-state index is 13.1. The van der Waals surface area contributed by atoms with E-state index in [4.69, 9.17) is 0 Å². The molecule has 2 aromatic rings. The van der Waals surface area contributed by atoms with Crippen molar-refractivity contribution in [1.29, 1.82) is 0 Å². The molecule has 200 valence electrons. The molecule has 1 saturated heterocycles. The molecule has 0 radical (unpaired) electrons. The van der Waals surface area contributed by atoms with Crippen molar-refractivity contribution in [1.82, 2.24) is 4.90 Å². The highest BCUT2D eigenvalue weighted by atomic mass is 16.5. The van der Waals surface area contributed by atoms with Crippen LogP contribution >= 0.6 is 0 Å². The molecule has 0 unspecified atom stereocenters. The standard InChI is InChI=1S/C29H31NO8/c1-38-29(37)30-27(35)22-14-20(15-31)25(23(16-32)26(22)28(30)36)24(34)11-10-19(18-7-3-2-4-8-18)12-17-6-5-9-21(33)13-17/h2-9,12-13,22-24,26,31-34H,10-11,14-16H2,1H3/b19-12-/t22-,23+,24-,26-/m1/s1. The van der Waals surface area contributed by atoms with Crippen LogP contribution in [0.2, 0.25) is 0 Å². The largest absolute Gasteiger partial charge is 0.508 e. The summed E-state index contributed by atoms with van der Waals surface area (Å²) in [6.07, 6.45) is 0.292. The number of aliphatic hydroxyl groups is 3. The van der Waals surface area contributed by atoms with Crippen LogP contribution in [0, 0.1) is 17.8 Å². The van der Waals surface area contributed by atoms with Gasteiger partial charge in [-0.1, -0.05) is 48.5 Å².